The Morgan fingerprint density at radius 2 is 0.557 bits per heavy atom. The van der Waals surface area contributed by atoms with Crippen molar-refractivity contribution in [2.24, 2.45) is 0 Å². The predicted molar refractivity (Wildman–Crippen MR) is 521 cm³/mol. The van der Waals surface area contributed by atoms with Crippen molar-refractivity contribution in [2.45, 2.75) is 157 Å². The van der Waals surface area contributed by atoms with Gasteiger partial charge in [-0.2, -0.15) is 0 Å². The van der Waals surface area contributed by atoms with Crippen LogP contribution in [0, 0.1) is 0 Å². The molecule has 0 spiro atoms. The summed E-state index contributed by atoms with van der Waals surface area (Å²) in [7, 11) is 0. The molecule has 0 saturated heterocycles. The van der Waals surface area contributed by atoms with Crippen molar-refractivity contribution in [1.29, 1.82) is 0 Å². The van der Waals surface area contributed by atoms with Gasteiger partial charge in [0.05, 0.1) is 77.8 Å². The van der Waals surface area contributed by atoms with Crippen LogP contribution in [-0.2, 0) is 32.5 Å². The van der Waals surface area contributed by atoms with Crippen LogP contribution in [0.3, 0.4) is 0 Å². The van der Waals surface area contributed by atoms with Gasteiger partial charge in [-0.05, 0) is 208 Å². The minimum absolute atomic E-state index is 0.0713. The van der Waals surface area contributed by atoms with Crippen LogP contribution in [0.15, 0.2) is 300 Å². The number of para-hydroxylation sites is 8. The van der Waals surface area contributed by atoms with E-state index in [0.29, 0.717) is 44.6 Å². The Morgan fingerprint density at radius 3 is 0.951 bits per heavy atom. The zero-order valence-corrected chi connectivity index (χ0v) is 72.1. The van der Waals surface area contributed by atoms with Crippen molar-refractivity contribution in [3.63, 3.8) is 0 Å². The summed E-state index contributed by atoms with van der Waals surface area (Å²) in [6.45, 7) is 39.7. The van der Waals surface area contributed by atoms with E-state index in [4.69, 9.17) is 11.6 Å². The van der Waals surface area contributed by atoms with Gasteiger partial charge in [0.2, 0.25) is 0 Å². The maximum Gasteiger partial charge on any atom is 0.252 e. The lowest BCUT2D eigenvalue weighted by Gasteiger charge is -2.44. The van der Waals surface area contributed by atoms with E-state index in [9.17, 15) is 19.2 Å². The Balaban J connectivity index is 0.905. The van der Waals surface area contributed by atoms with Gasteiger partial charge < -0.3 is 32.3 Å². The van der Waals surface area contributed by atoms with Gasteiger partial charge in [-0.15, -0.1) is 0 Å². The summed E-state index contributed by atoms with van der Waals surface area (Å²) < 4.78 is 173. The number of aromatic nitrogens is 3. The normalized spacial score (nSPS) is 15.4. The summed E-state index contributed by atoms with van der Waals surface area (Å²) in [6.07, 6.45) is 0. The molecule has 7 heterocycles. The fourth-order valence-corrected chi connectivity index (χ4v) is 19.1. The number of hydrogen-bond donors (Lipinski definition) is 0. The quantitative estimate of drug-likeness (QED) is 0.149. The summed E-state index contributed by atoms with van der Waals surface area (Å²) >= 11 is 0. The average Bonchev–Trinajstić information content (AvgIpc) is 0.757. The Bertz CT molecular complexity index is 8600. The Morgan fingerprint density at radius 1 is 0.238 bits per heavy atom. The molecule has 8 heteroatoms. The van der Waals surface area contributed by atoms with Gasteiger partial charge in [0.1, 0.15) is 0 Å². The molecule has 0 aliphatic carbocycles. The molecule has 0 radical (unpaired) electrons. The third-order valence-corrected chi connectivity index (χ3v) is 25.8. The molecule has 2 aliphatic rings. The second-order valence-electron chi connectivity index (χ2n) is 39.8. The van der Waals surface area contributed by atoms with E-state index >= 15 is 0 Å². The van der Waals surface area contributed by atoms with E-state index in [1.54, 1.807) is 16.7 Å². The van der Waals surface area contributed by atoms with Crippen LogP contribution in [0.4, 0.5) is 34.1 Å². The second kappa shape index (κ2) is 26.2. The number of rotatable bonds is 7. The van der Waals surface area contributed by atoms with Crippen molar-refractivity contribution in [2.75, 3.05) is 9.80 Å². The summed E-state index contributed by atoms with van der Waals surface area (Å²) in [5.41, 5.74) is 20.4. The van der Waals surface area contributed by atoms with E-state index in [1.165, 1.54) is 26.8 Å². The molecule has 5 aromatic heterocycles. The molecule has 0 fully saturated rings. The molecule has 7 nitrogen and oxygen atoms in total. The van der Waals surface area contributed by atoms with E-state index in [0.717, 1.165) is 105 Å². The Hall–Kier alpha value is -13.0. The first kappa shape index (κ1) is 59.6. The first-order chi connectivity index (χ1) is 64.9. The van der Waals surface area contributed by atoms with E-state index in [1.807, 2.05) is 42.5 Å². The monoisotopic (exact) mass is 1600 g/mol. The van der Waals surface area contributed by atoms with Gasteiger partial charge in [0.15, 0.2) is 22.3 Å². The lowest BCUT2D eigenvalue weighted by Crippen LogP contribution is -2.61. The van der Waals surface area contributed by atoms with Crippen molar-refractivity contribution < 1.29 is 30.8 Å². The smallest absolute Gasteiger partial charge is 0.252 e. The summed E-state index contributed by atoms with van der Waals surface area (Å²) in [5, 5.41) is 4.77. The molecule has 0 amide bonds. The fourth-order valence-electron chi connectivity index (χ4n) is 19.1. The number of fused-ring (bicyclic) bond motifs is 19. The molecule has 0 saturated carbocycles. The van der Waals surface area contributed by atoms with Gasteiger partial charge in [0, 0.05) is 82.3 Å². The molecular formula is C114H102BN5O2. The first-order valence-electron chi connectivity index (χ1n) is 50.3. The molecule has 0 unspecified atom stereocenters. The van der Waals surface area contributed by atoms with Crippen LogP contribution in [0.2, 0.25) is 0 Å². The molecule has 2 aliphatic heterocycles. The molecule has 15 aromatic carbocycles. The standard InChI is InChI=1S/C114H102BN5O2/c1-109(2,3)71-48-53-94-86(64-71)87-65-72(110(4,5)6)49-54-95(87)118(94)97-44-28-36-83-84-37-29-45-98(107(84)122-106(83)97)119-100-59-67(68-55-73(111(7,8)9)62-74(56-68)112(10,11)12)47-51-88(100)115-89-52-50-77(116-90-39-23-19-31-78(90)79-32-20-24-40-91(79)116)66-101(89)120(103-61-70(60-102(119)104(103)115)69-57-75(113(13,14)15)63-76(58-69)114(16,17)18)99-46-30-38-85-82-35-27-43-96(105(82)121-108(85)99)117-92-41-25-21-33-80(92)81-34-22-26-42-93(81)117/h19-66H,1-18H3/i19D,20D,21D,22D,23D,24D,25D,26D,31D,32D,33D,34D,39D,40D,41D,42D. The second-order valence-corrected chi connectivity index (χ2v) is 39.8. The summed E-state index contributed by atoms with van der Waals surface area (Å²) in [5.74, 6) is 0. The van der Waals surface area contributed by atoms with Crippen molar-refractivity contribution >= 4 is 167 Å². The lowest BCUT2D eigenvalue weighted by atomic mass is 9.33. The molecule has 598 valence electrons. The average molecular weight is 1600 g/mol. The Kier molecular flexibility index (Phi) is 12.8. The summed E-state index contributed by atoms with van der Waals surface area (Å²) in [4.78, 5) is 4.57. The maximum atomic E-state index is 9.97. The predicted octanol–water partition coefficient (Wildman–Crippen LogP) is 30.0. The molecule has 0 bridgehead atoms. The van der Waals surface area contributed by atoms with Crippen LogP contribution < -0.4 is 26.2 Å². The Labute approximate surface area is 737 Å². The van der Waals surface area contributed by atoms with Crippen LogP contribution in [0.25, 0.3) is 149 Å². The number of anilines is 6. The first-order valence-corrected chi connectivity index (χ1v) is 42.3. The highest BCUT2D eigenvalue weighted by molar-refractivity contribution is 7.00. The topological polar surface area (TPSA) is 47.6 Å². The molecule has 22 rings (SSSR count). The van der Waals surface area contributed by atoms with Crippen LogP contribution in [0.1, 0.15) is 180 Å². The van der Waals surface area contributed by atoms with E-state index in [2.05, 4.69) is 279 Å². The number of nitrogens with zero attached hydrogens (tertiary/aromatic N) is 5. The van der Waals surface area contributed by atoms with Crippen LogP contribution >= 0.6 is 0 Å². The van der Waals surface area contributed by atoms with Gasteiger partial charge in [0.25, 0.3) is 6.71 Å². The summed E-state index contributed by atoms with van der Waals surface area (Å²) in [6, 6.07) is 60.5. The molecule has 0 atom stereocenters. The van der Waals surface area contributed by atoms with Crippen LogP contribution in [-0.4, -0.2) is 20.4 Å². The number of benzene rings is 15. The third kappa shape index (κ3) is 11.5. The maximum absolute atomic E-state index is 9.97. The molecule has 122 heavy (non-hydrogen) atoms. The minimum Gasteiger partial charge on any atom is -0.452 e. The number of hydrogen-bond acceptors (Lipinski definition) is 4. The highest BCUT2D eigenvalue weighted by Crippen LogP contribution is 2.54. The third-order valence-electron chi connectivity index (χ3n) is 25.8. The van der Waals surface area contributed by atoms with Gasteiger partial charge in [-0.3, -0.25) is 0 Å². The largest absolute Gasteiger partial charge is 0.452 e. The van der Waals surface area contributed by atoms with Crippen molar-refractivity contribution in [1.82, 2.24) is 13.7 Å². The van der Waals surface area contributed by atoms with Crippen LogP contribution in [0.5, 0.6) is 0 Å². The van der Waals surface area contributed by atoms with Gasteiger partial charge in [-0.1, -0.05) is 312 Å². The highest BCUT2D eigenvalue weighted by Gasteiger charge is 2.46. The fraction of sp³-hybridized carbons (Fsp3) is 0.211. The molecular weight excluding hydrogens is 1480 g/mol. The highest BCUT2D eigenvalue weighted by atomic mass is 16.3. The van der Waals surface area contributed by atoms with E-state index in [-0.39, 0.29) is 93.1 Å². The zero-order valence-electron chi connectivity index (χ0n) is 88.1. The zero-order chi connectivity index (χ0) is 98.0. The molecule has 20 aromatic rings. The molecule has 0 N–H and O–H groups in total. The number of furan rings is 2. The minimum atomic E-state index is -0.694. The lowest BCUT2D eigenvalue weighted by molar-refractivity contribution is 0.568. The van der Waals surface area contributed by atoms with E-state index < -0.39 is 103 Å². The van der Waals surface area contributed by atoms with Gasteiger partial charge in [-0.25, -0.2) is 0 Å². The van der Waals surface area contributed by atoms with Gasteiger partial charge >= 0.3 is 0 Å². The SMILES string of the molecule is [2H]c1c([2H])c([2H])c2c(c1[2H])c1c([2H])c([2H])c([2H])c([2H])c1n2-c1ccc2c(c1)N(c1cccc3c1oc1c(-n4c5c([2H])c([2H])c([2H])c([2H])c5c5c([2H])c([2H])c([2H])c([2H])c54)cccc13)c1cc(-c3cc(C(C)(C)C)cc(C(C)(C)C)c3)cc3c1B2c1ccc(-c2cc(C(C)(C)C)cc(C(C)(C)C)c2)cc1N3c1cccc2c1oc1c(-n3c4ccc(C(C)(C)C)cc4c4cc(C(C)(C)C)ccc43)cccc12. The van der Waals surface area contributed by atoms with Crippen molar-refractivity contribution in [3.05, 3.63) is 324 Å². The van der Waals surface area contributed by atoms with Crippen molar-refractivity contribution in [3.8, 4) is 39.3 Å².